The van der Waals surface area contributed by atoms with Gasteiger partial charge in [-0.3, -0.25) is 0 Å². The predicted molar refractivity (Wildman–Crippen MR) is 32.3 cm³/mol. The van der Waals surface area contributed by atoms with Crippen LogP contribution in [0, 0.1) is 6.08 Å². The maximum atomic E-state index is 4.88. The summed E-state index contributed by atoms with van der Waals surface area (Å²) >= 11 is -0.472. The molecule has 0 spiro atoms. The first kappa shape index (κ1) is 8.79. The summed E-state index contributed by atoms with van der Waals surface area (Å²) < 4.78 is 0. The summed E-state index contributed by atoms with van der Waals surface area (Å²) in [5.74, 6) is 0. The van der Waals surface area contributed by atoms with E-state index in [1.165, 1.54) is 0 Å². The topological polar surface area (TPSA) is 0 Å². The molecule has 0 aliphatic heterocycles. The van der Waals surface area contributed by atoms with Gasteiger partial charge in [0.25, 0.3) is 0 Å². The molecule has 0 atom stereocenters. The Labute approximate surface area is 65.9 Å². The second-order valence-electron chi connectivity index (χ2n) is 1.11. The van der Waals surface area contributed by atoms with Crippen molar-refractivity contribution in [3.05, 3.63) is 17.9 Å². The number of hydrogen-bond acceptors (Lipinski definition) is 0. The van der Waals surface area contributed by atoms with Gasteiger partial charge in [0, 0.05) is 0 Å². The molecule has 0 fully saturated rings. The summed E-state index contributed by atoms with van der Waals surface area (Å²) in [7, 11) is 9.75. The molecule has 1 rings (SSSR count). The number of rotatable bonds is 0. The quantitative estimate of drug-likeness (QED) is 0.473. The fourth-order valence-corrected chi connectivity index (χ4v) is 0.361. The Morgan fingerprint density at radius 2 is 2.25 bits per heavy atom. The summed E-state index contributed by atoms with van der Waals surface area (Å²) in [5, 5.41) is 0. The van der Waals surface area contributed by atoms with E-state index >= 15 is 0 Å². The molecule has 3 heteroatoms. The Morgan fingerprint density at radius 3 is 2.38 bits per heavy atom. The average Bonchev–Trinajstić information content (AvgIpc) is 2.17. The number of allylic oxidation sites excluding steroid dienone is 1. The third-order valence-corrected chi connectivity index (χ3v) is 0.618. The Kier molecular flexibility index (Phi) is 8.56. The van der Waals surface area contributed by atoms with Crippen LogP contribution >= 0.6 is 18.8 Å². The van der Waals surface area contributed by atoms with Crippen LogP contribution in [-0.2, 0) is 16.5 Å². The van der Waals surface area contributed by atoms with E-state index in [1.54, 1.807) is 0 Å². The third-order valence-electron chi connectivity index (χ3n) is 0.618. The van der Waals surface area contributed by atoms with E-state index in [-0.39, 0.29) is 0 Å². The molecule has 0 aromatic heterocycles. The van der Waals surface area contributed by atoms with Gasteiger partial charge < -0.3 is 5.73 Å². The van der Waals surface area contributed by atoms with Crippen LogP contribution in [0.15, 0.2) is 11.8 Å². The normalized spacial score (nSPS) is 13.8. The van der Waals surface area contributed by atoms with Crippen LogP contribution in [0.25, 0.3) is 0 Å². The van der Waals surface area contributed by atoms with Crippen molar-refractivity contribution >= 4 is 18.8 Å². The molecule has 0 nitrogen and oxygen atoms in total. The Balaban J connectivity index is 0.000000145. The summed E-state index contributed by atoms with van der Waals surface area (Å²) in [6, 6.07) is 0. The summed E-state index contributed by atoms with van der Waals surface area (Å²) in [6.45, 7) is 0. The van der Waals surface area contributed by atoms with E-state index in [0.29, 0.717) is 0 Å². The zero-order valence-electron chi connectivity index (χ0n) is 4.06. The van der Waals surface area contributed by atoms with Gasteiger partial charge in [0.15, 0.2) is 0 Å². The second-order valence-corrected chi connectivity index (χ2v) is 4.39. The van der Waals surface area contributed by atoms with Crippen LogP contribution in [0.5, 0.6) is 0 Å². The fraction of sp³-hybridized carbons (Fsp3) is 0.400. The van der Waals surface area contributed by atoms with E-state index in [1.807, 2.05) is 6.08 Å². The molecular formula is C5H5Cl2Pt-. The molecule has 0 aromatic rings. The van der Waals surface area contributed by atoms with Gasteiger partial charge in [0.2, 0.25) is 0 Å². The molecule has 1 aliphatic rings. The van der Waals surface area contributed by atoms with Gasteiger partial charge >= 0.3 is 35.3 Å². The van der Waals surface area contributed by atoms with E-state index in [2.05, 4.69) is 11.8 Å². The van der Waals surface area contributed by atoms with Gasteiger partial charge in [-0.05, 0) is 0 Å². The van der Waals surface area contributed by atoms with Crippen molar-refractivity contribution in [3.63, 3.8) is 0 Å². The van der Waals surface area contributed by atoms with Crippen molar-refractivity contribution in [2.75, 3.05) is 0 Å². The van der Waals surface area contributed by atoms with Crippen molar-refractivity contribution in [1.29, 1.82) is 0 Å². The molecule has 0 bridgehead atoms. The first-order valence-corrected chi connectivity index (χ1v) is 7.67. The van der Waals surface area contributed by atoms with Crippen LogP contribution < -0.4 is 0 Å². The molecule has 0 amide bonds. The monoisotopic (exact) mass is 330 g/mol. The van der Waals surface area contributed by atoms with Gasteiger partial charge in [-0.1, -0.05) is 0 Å². The predicted octanol–water partition coefficient (Wildman–Crippen LogP) is 2.67. The van der Waals surface area contributed by atoms with Crippen LogP contribution in [-0.4, -0.2) is 0 Å². The standard InChI is InChI=1S/C5H5.2ClH.Pt/c1-2-4-5-3-1;;;/h1H,2,4H2;2*1H;/q-1;;;+2/p-2. The van der Waals surface area contributed by atoms with Crippen LogP contribution in [0.2, 0.25) is 0 Å². The van der Waals surface area contributed by atoms with Gasteiger partial charge in [-0.2, -0.15) is 6.08 Å². The fourth-order valence-electron chi connectivity index (χ4n) is 0.361. The molecule has 0 unspecified atom stereocenters. The van der Waals surface area contributed by atoms with Crippen LogP contribution in [0.4, 0.5) is 0 Å². The third kappa shape index (κ3) is 6.79. The molecule has 8 heavy (non-hydrogen) atoms. The molecule has 1 aliphatic carbocycles. The molecule has 0 radical (unpaired) electrons. The summed E-state index contributed by atoms with van der Waals surface area (Å²) in [6.07, 6.45) is 7.15. The zero-order valence-corrected chi connectivity index (χ0v) is 7.85. The second kappa shape index (κ2) is 7.79. The maximum absolute atomic E-state index is 4.88. The Bertz CT molecular complexity index is 86.6. The van der Waals surface area contributed by atoms with Gasteiger partial charge in [0.1, 0.15) is 0 Å². The van der Waals surface area contributed by atoms with Gasteiger partial charge in [-0.15, -0.1) is 12.8 Å². The minimum atomic E-state index is -0.472. The van der Waals surface area contributed by atoms with Crippen molar-refractivity contribution in [2.24, 2.45) is 0 Å². The van der Waals surface area contributed by atoms with Gasteiger partial charge in [-0.25, -0.2) is 6.08 Å². The molecular weight excluding hydrogens is 326 g/mol. The van der Waals surface area contributed by atoms with E-state index < -0.39 is 16.5 Å². The molecule has 50 valence electrons. The Hall–Kier alpha value is 0.788. The van der Waals surface area contributed by atoms with E-state index in [9.17, 15) is 0 Å². The Morgan fingerprint density at radius 1 is 1.62 bits per heavy atom. The van der Waals surface area contributed by atoms with Crippen LogP contribution in [0.3, 0.4) is 0 Å². The van der Waals surface area contributed by atoms with Crippen molar-refractivity contribution in [3.8, 4) is 0 Å². The van der Waals surface area contributed by atoms with Crippen LogP contribution in [0.1, 0.15) is 12.8 Å². The molecule has 0 saturated carbocycles. The van der Waals surface area contributed by atoms with E-state index in [0.717, 1.165) is 12.8 Å². The molecule has 0 aromatic carbocycles. The minimum absolute atomic E-state index is 0.472. The van der Waals surface area contributed by atoms with E-state index in [4.69, 9.17) is 18.8 Å². The van der Waals surface area contributed by atoms with Crippen molar-refractivity contribution in [2.45, 2.75) is 12.8 Å². The summed E-state index contributed by atoms with van der Waals surface area (Å²) in [4.78, 5) is 0. The molecule has 0 saturated heterocycles. The first-order valence-electron chi connectivity index (χ1n) is 2.04. The van der Waals surface area contributed by atoms with Crippen molar-refractivity contribution < 1.29 is 16.5 Å². The zero-order chi connectivity index (χ0) is 6.24. The number of halogens is 2. The van der Waals surface area contributed by atoms with Gasteiger partial charge in [0.05, 0.1) is 0 Å². The molecule has 0 heterocycles. The summed E-state index contributed by atoms with van der Waals surface area (Å²) in [5.41, 5.74) is 2.85. The SMILES string of the molecule is C1=[C-]CCC=1.[Cl][Pt][Cl]. The number of hydrogen-bond donors (Lipinski definition) is 0. The van der Waals surface area contributed by atoms with Crippen molar-refractivity contribution in [1.82, 2.24) is 0 Å². The average molecular weight is 331 g/mol. The first-order chi connectivity index (χ1) is 3.91. The molecule has 0 N–H and O–H groups in total.